The molecule has 88 valence electrons. The molecule has 0 radical (unpaired) electrons. The van der Waals surface area contributed by atoms with Gasteiger partial charge in [-0.3, -0.25) is 0 Å². The van der Waals surface area contributed by atoms with Gasteiger partial charge in [0.25, 0.3) is 0 Å². The molecule has 0 aliphatic rings. The third kappa shape index (κ3) is 2.74. The highest BCUT2D eigenvalue weighted by Crippen LogP contribution is 2.31. The lowest BCUT2D eigenvalue weighted by molar-refractivity contribution is 1.14. The molecule has 0 saturated heterocycles. The average molecular weight is 352 g/mol. The standard InChI is InChI=1S/C11H6BrCl3N2/c1-5-9(14)16-11(17-10(5)15)7-4-6(12)2-3-8(7)13/h2-4H,1H3. The van der Waals surface area contributed by atoms with Crippen LogP contribution in [0, 0.1) is 6.92 Å². The molecule has 0 unspecified atom stereocenters. The van der Waals surface area contributed by atoms with Crippen LogP contribution in [0.1, 0.15) is 5.56 Å². The van der Waals surface area contributed by atoms with Gasteiger partial charge in [0.15, 0.2) is 5.82 Å². The molecule has 6 heteroatoms. The smallest absolute Gasteiger partial charge is 0.164 e. The summed E-state index contributed by atoms with van der Waals surface area (Å²) in [7, 11) is 0. The van der Waals surface area contributed by atoms with E-state index in [1.165, 1.54) is 0 Å². The molecule has 0 atom stereocenters. The predicted octanol–water partition coefficient (Wildman–Crippen LogP) is 5.17. The number of rotatable bonds is 1. The zero-order valence-electron chi connectivity index (χ0n) is 8.64. The monoisotopic (exact) mass is 350 g/mol. The molecule has 0 fully saturated rings. The van der Waals surface area contributed by atoms with E-state index in [0.717, 1.165) is 4.47 Å². The Hall–Kier alpha value is -0.350. The number of benzene rings is 1. The van der Waals surface area contributed by atoms with Gasteiger partial charge >= 0.3 is 0 Å². The summed E-state index contributed by atoms with van der Waals surface area (Å²) < 4.78 is 0.883. The first-order valence-corrected chi connectivity index (χ1v) is 6.57. The molecule has 0 saturated carbocycles. The van der Waals surface area contributed by atoms with Gasteiger partial charge in [0.2, 0.25) is 0 Å². The van der Waals surface area contributed by atoms with E-state index >= 15 is 0 Å². The van der Waals surface area contributed by atoms with Crippen molar-refractivity contribution in [3.8, 4) is 11.4 Å². The van der Waals surface area contributed by atoms with Crippen molar-refractivity contribution in [3.05, 3.63) is 43.6 Å². The normalized spacial score (nSPS) is 10.6. The maximum absolute atomic E-state index is 6.09. The Morgan fingerprint density at radius 2 is 1.65 bits per heavy atom. The molecule has 17 heavy (non-hydrogen) atoms. The van der Waals surface area contributed by atoms with Crippen LogP contribution in [0.3, 0.4) is 0 Å². The second kappa shape index (κ2) is 5.11. The van der Waals surface area contributed by atoms with Crippen molar-refractivity contribution in [1.29, 1.82) is 0 Å². The Morgan fingerprint density at radius 1 is 1.06 bits per heavy atom. The molecule has 0 amide bonds. The predicted molar refractivity (Wildman–Crippen MR) is 74.9 cm³/mol. The van der Waals surface area contributed by atoms with Gasteiger partial charge in [-0.2, -0.15) is 0 Å². The average Bonchev–Trinajstić information content (AvgIpc) is 2.28. The first kappa shape index (κ1) is 13.1. The van der Waals surface area contributed by atoms with Crippen molar-refractivity contribution in [2.24, 2.45) is 0 Å². The van der Waals surface area contributed by atoms with Crippen LogP contribution < -0.4 is 0 Å². The zero-order valence-corrected chi connectivity index (χ0v) is 12.5. The zero-order chi connectivity index (χ0) is 12.6. The van der Waals surface area contributed by atoms with E-state index in [-0.39, 0.29) is 0 Å². The Morgan fingerprint density at radius 3 is 2.24 bits per heavy atom. The Balaban J connectivity index is 2.64. The van der Waals surface area contributed by atoms with Gasteiger partial charge in [0, 0.05) is 15.6 Å². The lowest BCUT2D eigenvalue weighted by atomic mass is 10.2. The molecule has 2 nitrogen and oxygen atoms in total. The molecule has 0 N–H and O–H groups in total. The first-order valence-electron chi connectivity index (χ1n) is 4.64. The van der Waals surface area contributed by atoms with Crippen LogP contribution in [0.15, 0.2) is 22.7 Å². The third-order valence-electron chi connectivity index (χ3n) is 2.20. The first-order chi connectivity index (χ1) is 7.99. The van der Waals surface area contributed by atoms with Gasteiger partial charge in [0.05, 0.1) is 5.02 Å². The molecule has 1 heterocycles. The maximum atomic E-state index is 6.09. The van der Waals surface area contributed by atoms with Gasteiger partial charge in [-0.25, -0.2) is 9.97 Å². The van der Waals surface area contributed by atoms with Crippen LogP contribution in [0.2, 0.25) is 15.3 Å². The summed E-state index contributed by atoms with van der Waals surface area (Å²) in [6.07, 6.45) is 0. The molecule has 0 bridgehead atoms. The highest BCUT2D eigenvalue weighted by Gasteiger charge is 2.12. The number of hydrogen-bond acceptors (Lipinski definition) is 2. The summed E-state index contributed by atoms with van der Waals surface area (Å²) in [5, 5.41) is 1.20. The fourth-order valence-electron chi connectivity index (χ4n) is 1.25. The molecule has 1 aromatic heterocycles. The highest BCUT2D eigenvalue weighted by molar-refractivity contribution is 9.10. The minimum Gasteiger partial charge on any atom is -0.216 e. The Bertz CT molecular complexity index is 564. The van der Waals surface area contributed by atoms with Gasteiger partial charge < -0.3 is 0 Å². The lowest BCUT2D eigenvalue weighted by Gasteiger charge is -2.06. The molecule has 2 aromatic rings. The minimum atomic E-state index is 0.330. The summed E-state index contributed by atoms with van der Waals surface area (Å²) in [4.78, 5) is 8.34. The van der Waals surface area contributed by atoms with Crippen molar-refractivity contribution in [3.63, 3.8) is 0 Å². The fourth-order valence-corrected chi connectivity index (χ4v) is 2.20. The molecule has 0 aliphatic heterocycles. The van der Waals surface area contributed by atoms with E-state index in [0.29, 0.717) is 32.3 Å². The summed E-state index contributed by atoms with van der Waals surface area (Å²) in [6.45, 7) is 1.76. The van der Waals surface area contributed by atoms with Crippen molar-refractivity contribution in [1.82, 2.24) is 9.97 Å². The van der Waals surface area contributed by atoms with Gasteiger partial charge in [0.1, 0.15) is 10.3 Å². The van der Waals surface area contributed by atoms with Crippen LogP contribution in [0.4, 0.5) is 0 Å². The van der Waals surface area contributed by atoms with E-state index in [1.54, 1.807) is 13.0 Å². The largest absolute Gasteiger partial charge is 0.216 e. The third-order valence-corrected chi connectivity index (χ3v) is 3.76. The summed E-state index contributed by atoms with van der Waals surface area (Å²) >= 11 is 21.4. The Kier molecular flexibility index (Phi) is 3.93. The van der Waals surface area contributed by atoms with Crippen LogP contribution in [-0.2, 0) is 0 Å². The van der Waals surface area contributed by atoms with E-state index in [2.05, 4.69) is 25.9 Å². The van der Waals surface area contributed by atoms with Gasteiger partial charge in [-0.15, -0.1) is 0 Å². The summed E-state index contributed by atoms with van der Waals surface area (Å²) in [6, 6.07) is 5.41. The molecular formula is C11H6BrCl3N2. The van der Waals surface area contributed by atoms with E-state index in [4.69, 9.17) is 34.8 Å². The number of aromatic nitrogens is 2. The quantitative estimate of drug-likeness (QED) is 0.661. The minimum absolute atomic E-state index is 0.330. The number of hydrogen-bond donors (Lipinski definition) is 0. The number of halogens is 4. The second-order valence-electron chi connectivity index (χ2n) is 3.38. The highest BCUT2D eigenvalue weighted by atomic mass is 79.9. The van der Waals surface area contributed by atoms with Gasteiger partial charge in [-0.05, 0) is 25.1 Å². The SMILES string of the molecule is Cc1c(Cl)nc(-c2cc(Br)ccc2Cl)nc1Cl. The number of nitrogens with zero attached hydrogens (tertiary/aromatic N) is 2. The lowest BCUT2D eigenvalue weighted by Crippen LogP contribution is -1.94. The van der Waals surface area contributed by atoms with E-state index < -0.39 is 0 Å². The van der Waals surface area contributed by atoms with Crippen LogP contribution in [-0.4, -0.2) is 9.97 Å². The second-order valence-corrected chi connectivity index (χ2v) is 5.42. The van der Waals surface area contributed by atoms with Crippen molar-refractivity contribution >= 4 is 50.7 Å². The van der Waals surface area contributed by atoms with Crippen molar-refractivity contribution < 1.29 is 0 Å². The summed E-state index contributed by atoms with van der Waals surface area (Å²) in [5.41, 5.74) is 1.34. The van der Waals surface area contributed by atoms with Crippen LogP contribution in [0.5, 0.6) is 0 Å². The Labute approximate surface area is 122 Å². The van der Waals surface area contributed by atoms with Crippen molar-refractivity contribution in [2.45, 2.75) is 6.92 Å². The van der Waals surface area contributed by atoms with Crippen LogP contribution >= 0.6 is 50.7 Å². The molecule has 0 aliphatic carbocycles. The molecule has 2 rings (SSSR count). The van der Waals surface area contributed by atoms with E-state index in [1.807, 2.05) is 12.1 Å². The van der Waals surface area contributed by atoms with Gasteiger partial charge in [-0.1, -0.05) is 50.7 Å². The van der Waals surface area contributed by atoms with Crippen molar-refractivity contribution in [2.75, 3.05) is 0 Å². The fraction of sp³-hybridized carbons (Fsp3) is 0.0909. The topological polar surface area (TPSA) is 25.8 Å². The maximum Gasteiger partial charge on any atom is 0.164 e. The molecule has 1 aromatic carbocycles. The van der Waals surface area contributed by atoms with Crippen LogP contribution in [0.25, 0.3) is 11.4 Å². The molecular weight excluding hydrogens is 346 g/mol. The van der Waals surface area contributed by atoms with E-state index in [9.17, 15) is 0 Å². The summed E-state index contributed by atoms with van der Waals surface area (Å²) in [5.74, 6) is 0.414. The molecule has 0 spiro atoms.